The number of aromatic amines is 1. The molecule has 1 aromatic carbocycles. The van der Waals surface area contributed by atoms with Crippen molar-refractivity contribution in [3.63, 3.8) is 0 Å². The summed E-state index contributed by atoms with van der Waals surface area (Å²) in [4.78, 5) is 11.7. The van der Waals surface area contributed by atoms with Gasteiger partial charge in [0, 0.05) is 12.7 Å². The van der Waals surface area contributed by atoms with Gasteiger partial charge >= 0.3 is 0 Å². The van der Waals surface area contributed by atoms with Crippen molar-refractivity contribution >= 4 is 5.91 Å². The molecule has 0 saturated carbocycles. The molecule has 100 valence electrons. The number of hydrogen-bond donors (Lipinski definition) is 2. The molecular formula is C13H15N3O3. The fraction of sp³-hybridized carbons (Fsp3) is 0.231. The van der Waals surface area contributed by atoms with Gasteiger partial charge in [-0.3, -0.25) is 9.89 Å². The normalized spacial score (nSPS) is 10.0. The summed E-state index contributed by atoms with van der Waals surface area (Å²) in [7, 11) is 3.16. The van der Waals surface area contributed by atoms with Gasteiger partial charge in [0.2, 0.25) is 0 Å². The molecule has 0 fully saturated rings. The van der Waals surface area contributed by atoms with Gasteiger partial charge < -0.3 is 14.8 Å². The molecule has 0 bridgehead atoms. The molecule has 0 atom stereocenters. The molecule has 0 spiro atoms. The molecule has 0 saturated heterocycles. The summed E-state index contributed by atoms with van der Waals surface area (Å²) in [5.41, 5.74) is 1.43. The first-order valence-corrected chi connectivity index (χ1v) is 5.72. The predicted molar refractivity (Wildman–Crippen MR) is 69.3 cm³/mol. The van der Waals surface area contributed by atoms with Gasteiger partial charge in [0.25, 0.3) is 5.91 Å². The van der Waals surface area contributed by atoms with Gasteiger partial charge in [0.15, 0.2) is 11.5 Å². The maximum Gasteiger partial charge on any atom is 0.254 e. The van der Waals surface area contributed by atoms with Crippen LogP contribution in [0.4, 0.5) is 0 Å². The summed E-state index contributed by atoms with van der Waals surface area (Å²) in [5.74, 6) is 1.12. The molecule has 0 radical (unpaired) electrons. The van der Waals surface area contributed by atoms with Crippen LogP contribution in [0.5, 0.6) is 11.5 Å². The minimum Gasteiger partial charge on any atom is -0.493 e. The number of amides is 1. The van der Waals surface area contributed by atoms with Crippen molar-refractivity contribution in [1.29, 1.82) is 0 Å². The van der Waals surface area contributed by atoms with Crippen molar-refractivity contribution in [2.45, 2.75) is 6.54 Å². The highest BCUT2D eigenvalue weighted by molar-refractivity contribution is 5.93. The number of hydrogen-bond acceptors (Lipinski definition) is 4. The Labute approximate surface area is 110 Å². The van der Waals surface area contributed by atoms with E-state index in [2.05, 4.69) is 15.5 Å². The monoisotopic (exact) mass is 261 g/mol. The number of nitrogens with one attached hydrogen (secondary N) is 2. The first-order valence-electron chi connectivity index (χ1n) is 5.72. The number of carbonyl (C=O) groups excluding carboxylic acids is 1. The quantitative estimate of drug-likeness (QED) is 0.852. The first kappa shape index (κ1) is 12.9. The van der Waals surface area contributed by atoms with Gasteiger partial charge in [-0.25, -0.2) is 0 Å². The molecule has 1 amide bonds. The zero-order chi connectivity index (χ0) is 13.7. The highest BCUT2D eigenvalue weighted by atomic mass is 16.5. The number of methoxy groups -OCH3 is 2. The molecule has 19 heavy (non-hydrogen) atoms. The number of H-pyrrole nitrogens is 1. The molecular weight excluding hydrogens is 246 g/mol. The summed E-state index contributed by atoms with van der Waals surface area (Å²) in [6.45, 7) is 0.407. The largest absolute Gasteiger partial charge is 0.493 e. The average Bonchev–Trinajstić information content (AvgIpc) is 2.98. The van der Waals surface area contributed by atoms with Crippen LogP contribution in [0.3, 0.4) is 0 Å². The Morgan fingerprint density at radius 1 is 1.32 bits per heavy atom. The van der Waals surface area contributed by atoms with Crippen LogP contribution in [-0.2, 0) is 6.54 Å². The molecule has 1 aromatic heterocycles. The lowest BCUT2D eigenvalue weighted by Gasteiger charge is -2.10. The Bertz CT molecular complexity index is 552. The van der Waals surface area contributed by atoms with E-state index >= 15 is 0 Å². The molecule has 1 heterocycles. The van der Waals surface area contributed by atoms with E-state index in [0.717, 1.165) is 5.56 Å². The summed E-state index contributed by atoms with van der Waals surface area (Å²) in [6.07, 6.45) is 3.02. The number of aromatic nitrogens is 2. The van der Waals surface area contributed by atoms with Crippen molar-refractivity contribution in [3.8, 4) is 11.5 Å². The number of benzene rings is 1. The standard InChI is InChI=1S/C13H15N3O3/c1-18-11-4-3-9(5-12(11)19-2)6-14-13(17)10-7-15-16-8-10/h3-5,7-8H,6H2,1-2H3,(H,14,17)(H,15,16). The van der Waals surface area contributed by atoms with E-state index in [1.54, 1.807) is 26.5 Å². The molecule has 0 aliphatic rings. The fourth-order valence-corrected chi connectivity index (χ4v) is 1.65. The smallest absolute Gasteiger partial charge is 0.254 e. The fourth-order valence-electron chi connectivity index (χ4n) is 1.65. The molecule has 2 N–H and O–H groups in total. The van der Waals surface area contributed by atoms with Crippen molar-refractivity contribution < 1.29 is 14.3 Å². The van der Waals surface area contributed by atoms with E-state index in [-0.39, 0.29) is 5.91 Å². The van der Waals surface area contributed by atoms with Crippen LogP contribution in [0.2, 0.25) is 0 Å². The topological polar surface area (TPSA) is 76.2 Å². The third kappa shape index (κ3) is 3.04. The zero-order valence-electron chi connectivity index (χ0n) is 10.8. The second-order valence-electron chi connectivity index (χ2n) is 3.86. The first-order chi connectivity index (χ1) is 9.24. The Morgan fingerprint density at radius 3 is 2.74 bits per heavy atom. The molecule has 6 nitrogen and oxygen atoms in total. The number of carbonyl (C=O) groups is 1. The van der Waals surface area contributed by atoms with E-state index in [1.807, 2.05) is 12.1 Å². The van der Waals surface area contributed by atoms with Crippen LogP contribution in [0.1, 0.15) is 15.9 Å². The predicted octanol–water partition coefficient (Wildman–Crippen LogP) is 1.36. The maximum absolute atomic E-state index is 11.7. The summed E-state index contributed by atoms with van der Waals surface area (Å²) >= 11 is 0. The molecule has 2 rings (SSSR count). The minimum atomic E-state index is -0.177. The Morgan fingerprint density at radius 2 is 2.11 bits per heavy atom. The highest BCUT2D eigenvalue weighted by Crippen LogP contribution is 2.27. The van der Waals surface area contributed by atoms with Crippen LogP contribution in [0, 0.1) is 0 Å². The number of ether oxygens (including phenoxy) is 2. The van der Waals surface area contributed by atoms with Crippen molar-refractivity contribution in [1.82, 2.24) is 15.5 Å². The molecule has 2 aromatic rings. The van der Waals surface area contributed by atoms with Crippen molar-refractivity contribution in [3.05, 3.63) is 41.7 Å². The Kier molecular flexibility index (Phi) is 4.02. The Balaban J connectivity index is 2.02. The van der Waals surface area contributed by atoms with Gasteiger partial charge in [0.1, 0.15) is 0 Å². The van der Waals surface area contributed by atoms with Crippen LogP contribution < -0.4 is 14.8 Å². The lowest BCUT2D eigenvalue weighted by Crippen LogP contribution is -2.22. The van der Waals surface area contributed by atoms with Crippen LogP contribution in [-0.4, -0.2) is 30.3 Å². The van der Waals surface area contributed by atoms with Crippen LogP contribution in [0.25, 0.3) is 0 Å². The van der Waals surface area contributed by atoms with Gasteiger partial charge in [-0.15, -0.1) is 0 Å². The second kappa shape index (κ2) is 5.90. The number of nitrogens with zero attached hydrogens (tertiary/aromatic N) is 1. The maximum atomic E-state index is 11.7. The zero-order valence-corrected chi connectivity index (χ0v) is 10.8. The van der Waals surface area contributed by atoms with E-state index in [0.29, 0.717) is 23.6 Å². The van der Waals surface area contributed by atoms with E-state index < -0.39 is 0 Å². The van der Waals surface area contributed by atoms with Crippen molar-refractivity contribution in [2.24, 2.45) is 0 Å². The third-order valence-electron chi connectivity index (χ3n) is 2.66. The summed E-state index contributed by atoms with van der Waals surface area (Å²) < 4.78 is 10.4. The second-order valence-corrected chi connectivity index (χ2v) is 3.86. The average molecular weight is 261 g/mol. The lowest BCUT2D eigenvalue weighted by atomic mass is 10.2. The van der Waals surface area contributed by atoms with Crippen molar-refractivity contribution in [2.75, 3.05) is 14.2 Å². The van der Waals surface area contributed by atoms with Gasteiger partial charge in [0.05, 0.1) is 26.0 Å². The molecule has 0 unspecified atom stereocenters. The van der Waals surface area contributed by atoms with Crippen LogP contribution in [0.15, 0.2) is 30.6 Å². The van der Waals surface area contributed by atoms with Gasteiger partial charge in [-0.1, -0.05) is 6.07 Å². The molecule has 0 aliphatic carbocycles. The van der Waals surface area contributed by atoms with Crippen LogP contribution >= 0.6 is 0 Å². The molecule has 6 heteroatoms. The molecule has 0 aliphatic heterocycles. The van der Waals surface area contributed by atoms with Gasteiger partial charge in [-0.2, -0.15) is 5.10 Å². The summed E-state index contributed by atoms with van der Waals surface area (Å²) in [5, 5.41) is 9.12. The van der Waals surface area contributed by atoms with E-state index in [9.17, 15) is 4.79 Å². The highest BCUT2D eigenvalue weighted by Gasteiger charge is 2.08. The van der Waals surface area contributed by atoms with Gasteiger partial charge in [-0.05, 0) is 17.7 Å². The third-order valence-corrected chi connectivity index (χ3v) is 2.66. The lowest BCUT2D eigenvalue weighted by molar-refractivity contribution is 0.0951. The SMILES string of the molecule is COc1ccc(CNC(=O)c2cn[nH]c2)cc1OC. The number of rotatable bonds is 5. The summed E-state index contributed by atoms with van der Waals surface area (Å²) in [6, 6.07) is 5.50. The Hall–Kier alpha value is -2.50. The minimum absolute atomic E-state index is 0.177. The van der Waals surface area contributed by atoms with E-state index in [4.69, 9.17) is 9.47 Å². The van der Waals surface area contributed by atoms with E-state index in [1.165, 1.54) is 6.20 Å².